The molecule has 1 fully saturated rings. The molecule has 1 N–H and O–H groups in total. The van der Waals surface area contributed by atoms with Crippen LogP contribution in [-0.4, -0.2) is 22.5 Å². The van der Waals surface area contributed by atoms with Gasteiger partial charge in [0, 0.05) is 6.54 Å². The highest BCUT2D eigenvalue weighted by molar-refractivity contribution is 7.08. The van der Waals surface area contributed by atoms with Gasteiger partial charge >= 0.3 is 0 Å². The fourth-order valence-corrected chi connectivity index (χ4v) is 3.44. The van der Waals surface area contributed by atoms with Gasteiger partial charge in [-0.05, 0) is 48.1 Å². The maximum Gasteiger partial charge on any atom is 0.244 e. The number of nitrogens with zero attached hydrogens (tertiary/aromatic N) is 1. The van der Waals surface area contributed by atoms with Crippen LogP contribution in [0.5, 0.6) is 0 Å². The average Bonchev–Trinajstić information content (AvgIpc) is 2.87. The van der Waals surface area contributed by atoms with Crippen molar-refractivity contribution < 1.29 is 4.79 Å². The van der Waals surface area contributed by atoms with Crippen LogP contribution in [0.15, 0.2) is 10.8 Å². The van der Waals surface area contributed by atoms with Gasteiger partial charge in [-0.25, -0.2) is 0 Å². The van der Waals surface area contributed by atoms with E-state index in [4.69, 9.17) is 0 Å². The first-order valence-electron chi connectivity index (χ1n) is 6.99. The van der Waals surface area contributed by atoms with E-state index in [1.165, 1.54) is 11.1 Å². The van der Waals surface area contributed by atoms with Gasteiger partial charge in [-0.3, -0.25) is 10.1 Å². The topological polar surface area (TPSA) is 32.3 Å². The molecule has 2 heterocycles. The molecule has 106 valence electrons. The summed E-state index contributed by atoms with van der Waals surface area (Å²) in [6.07, 6.45) is 0.963. The molecule has 0 aliphatic carbocycles. The molecule has 0 aromatic carbocycles. The molecule has 1 saturated heterocycles. The number of hydrogen-bond acceptors (Lipinski definition) is 3. The molecule has 0 saturated carbocycles. The van der Waals surface area contributed by atoms with Gasteiger partial charge in [-0.2, -0.15) is 11.3 Å². The lowest BCUT2D eigenvalue weighted by atomic mass is 9.99. The van der Waals surface area contributed by atoms with Crippen LogP contribution in [0.2, 0.25) is 0 Å². The van der Waals surface area contributed by atoms with Crippen LogP contribution in [0.3, 0.4) is 0 Å². The molecule has 3 nitrogen and oxygen atoms in total. The first kappa shape index (κ1) is 14.5. The summed E-state index contributed by atoms with van der Waals surface area (Å²) >= 11 is 1.71. The van der Waals surface area contributed by atoms with Gasteiger partial charge in [0.1, 0.15) is 0 Å². The molecule has 0 spiro atoms. The number of carbonyl (C=O) groups excluding carboxylic acids is 1. The highest BCUT2D eigenvalue weighted by Crippen LogP contribution is 2.29. The van der Waals surface area contributed by atoms with Gasteiger partial charge in [0.15, 0.2) is 0 Å². The Morgan fingerprint density at radius 1 is 1.47 bits per heavy atom. The van der Waals surface area contributed by atoms with Crippen molar-refractivity contribution >= 4 is 17.2 Å². The molecule has 4 heteroatoms. The first-order chi connectivity index (χ1) is 8.89. The molecule has 0 bridgehead atoms. The monoisotopic (exact) mass is 280 g/mol. The molecule has 1 aromatic heterocycles. The number of aryl methyl sites for hydroxylation is 1. The molecule has 19 heavy (non-hydrogen) atoms. The summed E-state index contributed by atoms with van der Waals surface area (Å²) in [6, 6.07) is 0. The molecule has 2 rings (SSSR count). The van der Waals surface area contributed by atoms with Gasteiger partial charge in [0.25, 0.3) is 0 Å². The van der Waals surface area contributed by atoms with Crippen LogP contribution in [0, 0.1) is 12.8 Å². The minimum absolute atomic E-state index is 0.136. The van der Waals surface area contributed by atoms with E-state index >= 15 is 0 Å². The summed E-state index contributed by atoms with van der Waals surface area (Å²) in [5, 5.41) is 7.83. The molecule has 1 aliphatic rings. The first-order valence-corrected chi connectivity index (χ1v) is 7.93. The lowest BCUT2D eigenvalue weighted by Crippen LogP contribution is -2.45. The van der Waals surface area contributed by atoms with Crippen molar-refractivity contribution in [3.8, 4) is 0 Å². The Hall–Kier alpha value is -0.870. The summed E-state index contributed by atoms with van der Waals surface area (Å²) < 4.78 is 0. The number of amides is 1. The molecule has 0 radical (unpaired) electrons. The average molecular weight is 280 g/mol. The van der Waals surface area contributed by atoms with Crippen molar-refractivity contribution in [2.45, 2.75) is 59.3 Å². The predicted octanol–water partition coefficient (Wildman–Crippen LogP) is 3.14. The SMILES string of the molecule is CCC1(C)NC(C(C)C)N(Cc2cscc2C)C1=O. The lowest BCUT2D eigenvalue weighted by Gasteiger charge is -2.27. The zero-order chi connectivity index (χ0) is 14.2. The highest BCUT2D eigenvalue weighted by atomic mass is 32.1. The van der Waals surface area contributed by atoms with Crippen molar-refractivity contribution in [3.63, 3.8) is 0 Å². The van der Waals surface area contributed by atoms with Crippen LogP contribution in [0.25, 0.3) is 0 Å². The van der Waals surface area contributed by atoms with Crippen molar-refractivity contribution in [2.75, 3.05) is 0 Å². The summed E-state index contributed by atoms with van der Waals surface area (Å²) in [5.74, 6) is 0.649. The summed E-state index contributed by atoms with van der Waals surface area (Å²) in [7, 11) is 0. The third kappa shape index (κ3) is 2.56. The fourth-order valence-electron chi connectivity index (χ4n) is 2.59. The number of hydrogen-bond donors (Lipinski definition) is 1. The summed E-state index contributed by atoms with van der Waals surface area (Å²) in [6.45, 7) is 11.3. The molecule has 2 unspecified atom stereocenters. The van der Waals surface area contributed by atoms with Gasteiger partial charge in [-0.15, -0.1) is 0 Å². The van der Waals surface area contributed by atoms with Gasteiger partial charge in [0.2, 0.25) is 5.91 Å². The quantitative estimate of drug-likeness (QED) is 0.919. The van der Waals surface area contributed by atoms with E-state index in [-0.39, 0.29) is 12.1 Å². The Kier molecular flexibility index (Phi) is 4.02. The van der Waals surface area contributed by atoms with Crippen LogP contribution < -0.4 is 5.32 Å². The molecule has 2 atom stereocenters. The van der Waals surface area contributed by atoms with Crippen LogP contribution in [0.1, 0.15) is 45.2 Å². The summed E-state index contributed by atoms with van der Waals surface area (Å²) in [4.78, 5) is 14.7. The smallest absolute Gasteiger partial charge is 0.244 e. The zero-order valence-corrected chi connectivity index (χ0v) is 13.3. The number of rotatable bonds is 4. The third-order valence-electron chi connectivity index (χ3n) is 4.18. The predicted molar refractivity (Wildman–Crippen MR) is 80.1 cm³/mol. The van der Waals surface area contributed by atoms with Crippen LogP contribution >= 0.6 is 11.3 Å². The van der Waals surface area contributed by atoms with Crippen LogP contribution in [0.4, 0.5) is 0 Å². The Morgan fingerprint density at radius 2 is 2.16 bits per heavy atom. The maximum atomic E-state index is 12.7. The molecular formula is C15H24N2OS. The van der Waals surface area contributed by atoms with Crippen LogP contribution in [-0.2, 0) is 11.3 Å². The van der Waals surface area contributed by atoms with Gasteiger partial charge in [0.05, 0.1) is 11.7 Å². The zero-order valence-electron chi connectivity index (χ0n) is 12.5. The van der Waals surface area contributed by atoms with E-state index in [1.54, 1.807) is 11.3 Å². The van der Waals surface area contributed by atoms with Crippen molar-refractivity contribution in [1.29, 1.82) is 0 Å². The maximum absolute atomic E-state index is 12.7. The Bertz CT molecular complexity index is 468. The Balaban J connectivity index is 2.26. The minimum Gasteiger partial charge on any atom is -0.321 e. The number of thiophene rings is 1. The van der Waals surface area contributed by atoms with Crippen molar-refractivity contribution in [1.82, 2.24) is 10.2 Å². The lowest BCUT2D eigenvalue weighted by molar-refractivity contribution is -0.133. The normalized spacial score (nSPS) is 27.6. The Morgan fingerprint density at radius 3 is 2.63 bits per heavy atom. The van der Waals surface area contributed by atoms with Gasteiger partial charge < -0.3 is 4.90 Å². The second-order valence-corrected chi connectivity index (χ2v) is 6.78. The van der Waals surface area contributed by atoms with E-state index in [2.05, 4.69) is 43.8 Å². The second-order valence-electron chi connectivity index (χ2n) is 6.03. The molecular weight excluding hydrogens is 256 g/mol. The second kappa shape index (κ2) is 5.25. The fraction of sp³-hybridized carbons (Fsp3) is 0.667. The Labute approximate surface area is 120 Å². The van der Waals surface area contributed by atoms with E-state index < -0.39 is 5.54 Å². The number of nitrogens with one attached hydrogen (secondary N) is 1. The molecule has 1 aromatic rings. The molecule has 1 aliphatic heterocycles. The van der Waals surface area contributed by atoms with Crippen molar-refractivity contribution in [3.05, 3.63) is 21.9 Å². The standard InChI is InChI=1S/C15H24N2OS/c1-6-15(5)14(18)17(13(16-15)10(2)3)7-12-9-19-8-11(12)4/h8-10,13,16H,6-7H2,1-5H3. The highest BCUT2D eigenvalue weighted by Gasteiger charge is 2.47. The summed E-state index contributed by atoms with van der Waals surface area (Å²) in [5.41, 5.74) is 2.15. The largest absolute Gasteiger partial charge is 0.321 e. The van der Waals surface area contributed by atoms with Crippen molar-refractivity contribution in [2.24, 2.45) is 5.92 Å². The minimum atomic E-state index is -0.404. The molecule has 1 amide bonds. The van der Waals surface area contributed by atoms with E-state index in [0.29, 0.717) is 5.92 Å². The number of carbonyl (C=O) groups is 1. The van der Waals surface area contributed by atoms with E-state index in [9.17, 15) is 4.79 Å². The third-order valence-corrected chi connectivity index (χ3v) is 5.09. The van der Waals surface area contributed by atoms with E-state index in [0.717, 1.165) is 13.0 Å². The van der Waals surface area contributed by atoms with Gasteiger partial charge in [-0.1, -0.05) is 20.8 Å². The van der Waals surface area contributed by atoms with E-state index in [1.807, 2.05) is 11.8 Å².